The van der Waals surface area contributed by atoms with Gasteiger partial charge >= 0.3 is 0 Å². The number of fused-ring (bicyclic) bond motifs is 4. The molecule has 4 aromatic rings. The highest BCUT2D eigenvalue weighted by Crippen LogP contribution is 2.30. The second-order valence-corrected chi connectivity index (χ2v) is 8.22. The van der Waals surface area contributed by atoms with Gasteiger partial charge in [0.05, 0.1) is 28.8 Å². The van der Waals surface area contributed by atoms with Gasteiger partial charge in [-0.3, -0.25) is 9.36 Å². The van der Waals surface area contributed by atoms with Crippen LogP contribution in [0.4, 0.5) is 0 Å². The van der Waals surface area contributed by atoms with E-state index in [0.717, 1.165) is 53.0 Å². The fourth-order valence-corrected chi connectivity index (χ4v) is 5.12. The summed E-state index contributed by atoms with van der Waals surface area (Å²) < 4.78 is 1.75. The van der Waals surface area contributed by atoms with E-state index in [1.807, 2.05) is 6.07 Å². The van der Waals surface area contributed by atoms with Crippen LogP contribution in [0.3, 0.4) is 0 Å². The first-order chi connectivity index (χ1) is 13.2. The van der Waals surface area contributed by atoms with E-state index < -0.39 is 0 Å². The largest absolute Gasteiger partial charge is 0.340 e. The summed E-state index contributed by atoms with van der Waals surface area (Å²) in [6.45, 7) is 5.88. The van der Waals surface area contributed by atoms with E-state index in [4.69, 9.17) is 4.98 Å². The van der Waals surface area contributed by atoms with Crippen LogP contribution in [0.5, 0.6) is 0 Å². The molecule has 1 atom stereocenters. The Balaban J connectivity index is 1.67. The van der Waals surface area contributed by atoms with Gasteiger partial charge in [-0.15, -0.1) is 11.3 Å². The van der Waals surface area contributed by atoms with Crippen molar-refractivity contribution in [3.05, 3.63) is 56.7 Å². The summed E-state index contributed by atoms with van der Waals surface area (Å²) in [4.78, 5) is 28.2. The van der Waals surface area contributed by atoms with Crippen molar-refractivity contribution in [2.45, 2.75) is 39.3 Å². The number of rotatable bonds is 3. The average molecular weight is 379 g/mol. The molecule has 27 heavy (non-hydrogen) atoms. The van der Waals surface area contributed by atoms with Crippen molar-refractivity contribution in [1.29, 1.82) is 0 Å². The van der Waals surface area contributed by atoms with Crippen molar-refractivity contribution in [1.82, 2.24) is 24.8 Å². The molecule has 0 radical (unpaired) electrons. The molecule has 6 nitrogen and oxygen atoms in total. The standard InChI is InChI=1S/C20H21N5OS/c1-3-15(18-23-13-5-4-11(2)8-14(13)24-18)25-10-22-19-17(20(25)26)12-6-7-21-9-16(12)27-19/h4-5,8,10,15,21H,3,6-7,9H2,1-2H3,(H,23,24)/t15-/m1/s1. The summed E-state index contributed by atoms with van der Waals surface area (Å²) in [5, 5.41) is 4.17. The van der Waals surface area contributed by atoms with Crippen molar-refractivity contribution in [2.75, 3.05) is 6.54 Å². The molecule has 0 saturated carbocycles. The van der Waals surface area contributed by atoms with E-state index in [-0.39, 0.29) is 11.6 Å². The van der Waals surface area contributed by atoms with E-state index in [0.29, 0.717) is 0 Å². The van der Waals surface area contributed by atoms with Crippen LogP contribution < -0.4 is 10.9 Å². The molecule has 0 aliphatic carbocycles. The predicted molar refractivity (Wildman–Crippen MR) is 109 cm³/mol. The Morgan fingerprint density at radius 2 is 2.26 bits per heavy atom. The summed E-state index contributed by atoms with van der Waals surface area (Å²) in [5.74, 6) is 0.812. The number of imidazole rings is 1. The van der Waals surface area contributed by atoms with E-state index in [1.54, 1.807) is 22.2 Å². The van der Waals surface area contributed by atoms with E-state index in [9.17, 15) is 4.79 Å². The van der Waals surface area contributed by atoms with Gasteiger partial charge in [-0.2, -0.15) is 0 Å². The zero-order chi connectivity index (χ0) is 18.5. The van der Waals surface area contributed by atoms with Crippen molar-refractivity contribution in [2.24, 2.45) is 0 Å². The fourth-order valence-electron chi connectivity index (χ4n) is 3.97. The normalized spacial score (nSPS) is 15.3. The molecule has 5 rings (SSSR count). The third kappa shape index (κ3) is 2.61. The number of nitrogens with one attached hydrogen (secondary N) is 2. The number of aromatic nitrogens is 4. The molecule has 0 bridgehead atoms. The van der Waals surface area contributed by atoms with Crippen LogP contribution in [0.1, 0.15) is 41.2 Å². The minimum Gasteiger partial charge on any atom is -0.340 e. The molecular weight excluding hydrogens is 358 g/mol. The number of H-pyrrole nitrogens is 1. The maximum Gasteiger partial charge on any atom is 0.263 e. The highest BCUT2D eigenvalue weighted by atomic mass is 32.1. The number of nitrogens with zero attached hydrogens (tertiary/aromatic N) is 3. The number of aromatic amines is 1. The Labute approximate surface area is 160 Å². The maximum atomic E-state index is 13.4. The summed E-state index contributed by atoms with van der Waals surface area (Å²) in [7, 11) is 0. The Morgan fingerprint density at radius 1 is 1.37 bits per heavy atom. The summed E-state index contributed by atoms with van der Waals surface area (Å²) >= 11 is 1.63. The van der Waals surface area contributed by atoms with Crippen LogP contribution in [0, 0.1) is 6.92 Å². The second kappa shape index (κ2) is 6.28. The molecular formula is C20H21N5OS. The lowest BCUT2D eigenvalue weighted by molar-refractivity contribution is 0.521. The highest BCUT2D eigenvalue weighted by molar-refractivity contribution is 7.18. The molecule has 2 N–H and O–H groups in total. The number of benzene rings is 1. The summed E-state index contributed by atoms with van der Waals surface area (Å²) in [6, 6.07) is 6.01. The quantitative estimate of drug-likeness (QED) is 0.573. The molecule has 0 spiro atoms. The van der Waals surface area contributed by atoms with E-state index in [2.05, 4.69) is 41.3 Å². The topological polar surface area (TPSA) is 75.6 Å². The van der Waals surface area contributed by atoms with Gasteiger partial charge < -0.3 is 10.3 Å². The number of aryl methyl sites for hydroxylation is 1. The van der Waals surface area contributed by atoms with Gasteiger partial charge in [0.15, 0.2) is 0 Å². The molecule has 0 unspecified atom stereocenters. The molecule has 0 amide bonds. The third-order valence-electron chi connectivity index (χ3n) is 5.35. The SMILES string of the molecule is CC[C@H](c1nc2ccc(C)cc2[nH]1)n1cnc2sc3c(c2c1=O)CCNC3. The number of hydrogen-bond acceptors (Lipinski definition) is 5. The lowest BCUT2D eigenvalue weighted by Gasteiger charge is -2.16. The van der Waals surface area contributed by atoms with Gasteiger partial charge in [0, 0.05) is 11.4 Å². The zero-order valence-electron chi connectivity index (χ0n) is 15.4. The molecule has 0 saturated heterocycles. The highest BCUT2D eigenvalue weighted by Gasteiger charge is 2.23. The van der Waals surface area contributed by atoms with Crippen LogP contribution in [0.2, 0.25) is 0 Å². The summed E-state index contributed by atoms with van der Waals surface area (Å²) in [6.07, 6.45) is 3.34. The Bertz CT molecular complexity index is 1220. The first-order valence-corrected chi connectivity index (χ1v) is 10.2. The minimum atomic E-state index is -0.153. The van der Waals surface area contributed by atoms with Gasteiger partial charge in [-0.05, 0) is 49.6 Å². The molecule has 1 aromatic carbocycles. The first-order valence-electron chi connectivity index (χ1n) is 9.34. The monoisotopic (exact) mass is 379 g/mol. The first kappa shape index (κ1) is 16.6. The van der Waals surface area contributed by atoms with E-state index >= 15 is 0 Å². The fraction of sp³-hybridized carbons (Fsp3) is 0.350. The van der Waals surface area contributed by atoms with Gasteiger partial charge in [-0.1, -0.05) is 13.0 Å². The van der Waals surface area contributed by atoms with Gasteiger partial charge in [0.25, 0.3) is 5.56 Å². The second-order valence-electron chi connectivity index (χ2n) is 7.13. The Hall–Kier alpha value is -2.51. The minimum absolute atomic E-state index is 0.0443. The third-order valence-corrected chi connectivity index (χ3v) is 6.49. The van der Waals surface area contributed by atoms with Crippen LogP contribution in [0.25, 0.3) is 21.3 Å². The van der Waals surface area contributed by atoms with Gasteiger partial charge in [-0.25, -0.2) is 9.97 Å². The molecule has 138 valence electrons. The molecule has 0 fully saturated rings. The lowest BCUT2D eigenvalue weighted by Crippen LogP contribution is -2.28. The van der Waals surface area contributed by atoms with Crippen molar-refractivity contribution >= 4 is 32.6 Å². The Kier molecular flexibility index (Phi) is 3.87. The van der Waals surface area contributed by atoms with Crippen molar-refractivity contribution in [3.63, 3.8) is 0 Å². The summed E-state index contributed by atoms with van der Waals surface area (Å²) in [5.41, 5.74) is 4.34. The van der Waals surface area contributed by atoms with Gasteiger partial charge in [0.1, 0.15) is 10.7 Å². The van der Waals surface area contributed by atoms with E-state index in [1.165, 1.54) is 16.0 Å². The van der Waals surface area contributed by atoms with Crippen LogP contribution in [-0.4, -0.2) is 26.1 Å². The average Bonchev–Trinajstić information content (AvgIpc) is 3.25. The molecule has 4 heterocycles. The van der Waals surface area contributed by atoms with Crippen LogP contribution >= 0.6 is 11.3 Å². The van der Waals surface area contributed by atoms with Crippen LogP contribution in [-0.2, 0) is 13.0 Å². The van der Waals surface area contributed by atoms with Crippen molar-refractivity contribution < 1.29 is 0 Å². The smallest absolute Gasteiger partial charge is 0.263 e. The Morgan fingerprint density at radius 3 is 3.11 bits per heavy atom. The maximum absolute atomic E-state index is 13.4. The van der Waals surface area contributed by atoms with Crippen LogP contribution in [0.15, 0.2) is 29.3 Å². The zero-order valence-corrected chi connectivity index (χ0v) is 16.2. The molecule has 3 aromatic heterocycles. The van der Waals surface area contributed by atoms with Crippen molar-refractivity contribution in [3.8, 4) is 0 Å². The predicted octanol–water partition coefficient (Wildman–Crippen LogP) is 3.29. The lowest BCUT2D eigenvalue weighted by atomic mass is 10.1. The molecule has 1 aliphatic rings. The molecule has 1 aliphatic heterocycles. The number of thiophene rings is 1. The number of hydrogen-bond donors (Lipinski definition) is 2. The molecule has 7 heteroatoms. The van der Waals surface area contributed by atoms with Gasteiger partial charge in [0.2, 0.25) is 0 Å².